The van der Waals surface area contributed by atoms with Gasteiger partial charge in [0.1, 0.15) is 11.6 Å². The summed E-state index contributed by atoms with van der Waals surface area (Å²) in [5, 5.41) is 0. The van der Waals surface area contributed by atoms with Crippen molar-refractivity contribution in [2.24, 2.45) is 0 Å². The van der Waals surface area contributed by atoms with Crippen molar-refractivity contribution in [2.45, 2.75) is 19.4 Å². The van der Waals surface area contributed by atoms with Crippen LogP contribution in [0.25, 0.3) is 0 Å². The van der Waals surface area contributed by atoms with Crippen LogP contribution in [0, 0.1) is 5.82 Å². The van der Waals surface area contributed by atoms with Gasteiger partial charge in [-0.15, -0.1) is 0 Å². The summed E-state index contributed by atoms with van der Waals surface area (Å²) in [7, 11) is 1.47. The monoisotopic (exact) mass is 196 g/mol. The lowest BCUT2D eigenvalue weighted by molar-refractivity contribution is -0.119. The molecule has 0 spiro atoms. The number of methoxy groups -OCH3 is 1. The minimum Gasteiger partial charge on any atom is -0.376 e. The first-order chi connectivity index (χ1) is 6.65. The zero-order valence-corrected chi connectivity index (χ0v) is 8.29. The van der Waals surface area contributed by atoms with E-state index in [2.05, 4.69) is 0 Å². The second kappa shape index (κ2) is 4.86. The van der Waals surface area contributed by atoms with Crippen LogP contribution in [0.2, 0.25) is 0 Å². The molecule has 0 heterocycles. The largest absolute Gasteiger partial charge is 0.376 e. The fraction of sp³-hybridized carbons (Fsp3) is 0.364. The Morgan fingerprint density at radius 1 is 1.50 bits per heavy atom. The molecule has 0 bridgehead atoms. The van der Waals surface area contributed by atoms with E-state index in [1.807, 2.05) is 0 Å². The molecule has 14 heavy (non-hydrogen) atoms. The Labute approximate surface area is 82.7 Å². The van der Waals surface area contributed by atoms with Crippen LogP contribution in [-0.4, -0.2) is 12.9 Å². The molecule has 0 fully saturated rings. The predicted molar refractivity (Wildman–Crippen MR) is 51.4 cm³/mol. The minimum absolute atomic E-state index is 0.0138. The van der Waals surface area contributed by atoms with Crippen LogP contribution in [0.15, 0.2) is 24.3 Å². The lowest BCUT2D eigenvalue weighted by Gasteiger charge is -2.14. The summed E-state index contributed by atoms with van der Waals surface area (Å²) in [4.78, 5) is 10.9. The van der Waals surface area contributed by atoms with Crippen molar-refractivity contribution in [3.8, 4) is 0 Å². The van der Waals surface area contributed by atoms with Crippen LogP contribution in [-0.2, 0) is 9.53 Å². The number of benzene rings is 1. The Bertz CT molecular complexity index is 323. The number of halogens is 1. The Morgan fingerprint density at radius 2 is 2.14 bits per heavy atom. The number of ether oxygens (including phenoxy) is 1. The average Bonchev–Trinajstić information content (AvgIpc) is 2.15. The van der Waals surface area contributed by atoms with Crippen molar-refractivity contribution in [2.75, 3.05) is 7.11 Å². The van der Waals surface area contributed by atoms with E-state index in [1.165, 1.54) is 20.1 Å². The highest BCUT2D eigenvalue weighted by Crippen LogP contribution is 2.23. The van der Waals surface area contributed by atoms with Crippen LogP contribution in [0.4, 0.5) is 4.39 Å². The smallest absolute Gasteiger partial charge is 0.132 e. The van der Waals surface area contributed by atoms with Gasteiger partial charge in [-0.1, -0.05) is 18.2 Å². The van der Waals surface area contributed by atoms with Gasteiger partial charge in [0.15, 0.2) is 0 Å². The number of carbonyl (C=O) groups excluding carboxylic acids is 1. The number of carbonyl (C=O) groups is 1. The lowest BCUT2D eigenvalue weighted by Crippen LogP contribution is -2.08. The van der Waals surface area contributed by atoms with Crippen LogP contribution in [0.3, 0.4) is 0 Å². The summed E-state index contributed by atoms with van der Waals surface area (Å²) in [6, 6.07) is 6.33. The molecule has 0 aliphatic heterocycles. The zero-order chi connectivity index (χ0) is 10.6. The van der Waals surface area contributed by atoms with Crippen molar-refractivity contribution in [3.05, 3.63) is 35.6 Å². The molecule has 1 rings (SSSR count). The SMILES string of the molecule is CO[C@@H](CC(C)=O)c1ccccc1F. The van der Waals surface area contributed by atoms with E-state index < -0.39 is 6.10 Å². The summed E-state index contributed by atoms with van der Waals surface area (Å²) in [5.41, 5.74) is 0.435. The topological polar surface area (TPSA) is 26.3 Å². The highest BCUT2D eigenvalue weighted by Gasteiger charge is 2.16. The first-order valence-electron chi connectivity index (χ1n) is 4.41. The van der Waals surface area contributed by atoms with Crippen molar-refractivity contribution < 1.29 is 13.9 Å². The normalized spacial score (nSPS) is 12.5. The van der Waals surface area contributed by atoms with Gasteiger partial charge < -0.3 is 4.74 Å². The van der Waals surface area contributed by atoms with Crippen LogP contribution in [0.5, 0.6) is 0 Å². The Balaban J connectivity index is 2.89. The maximum Gasteiger partial charge on any atom is 0.132 e. The van der Waals surface area contributed by atoms with E-state index in [-0.39, 0.29) is 18.0 Å². The van der Waals surface area contributed by atoms with Gasteiger partial charge >= 0.3 is 0 Å². The van der Waals surface area contributed by atoms with Gasteiger partial charge in [-0.25, -0.2) is 4.39 Å². The number of hydrogen-bond acceptors (Lipinski definition) is 2. The molecular weight excluding hydrogens is 183 g/mol. The van der Waals surface area contributed by atoms with E-state index in [9.17, 15) is 9.18 Å². The van der Waals surface area contributed by atoms with Crippen LogP contribution in [0.1, 0.15) is 25.0 Å². The predicted octanol–water partition coefficient (Wildman–Crippen LogP) is 2.49. The van der Waals surface area contributed by atoms with Gasteiger partial charge in [0.2, 0.25) is 0 Å². The van der Waals surface area contributed by atoms with Crippen molar-refractivity contribution >= 4 is 5.78 Å². The molecule has 0 radical (unpaired) electrons. The number of ketones is 1. The molecule has 0 aliphatic rings. The lowest BCUT2D eigenvalue weighted by atomic mass is 10.0. The quantitative estimate of drug-likeness (QED) is 0.739. The molecule has 0 unspecified atom stereocenters. The summed E-state index contributed by atoms with van der Waals surface area (Å²) in [6.07, 6.45) is -0.272. The first kappa shape index (κ1) is 10.9. The standard InChI is InChI=1S/C11H13FO2/c1-8(13)7-11(14-2)9-5-3-4-6-10(9)12/h3-6,11H,7H2,1-2H3/t11-/m0/s1. The molecule has 0 aliphatic carbocycles. The first-order valence-corrected chi connectivity index (χ1v) is 4.41. The Morgan fingerprint density at radius 3 is 2.64 bits per heavy atom. The summed E-state index contributed by atoms with van der Waals surface area (Å²) >= 11 is 0. The van der Waals surface area contributed by atoms with Crippen molar-refractivity contribution in [1.29, 1.82) is 0 Å². The van der Waals surface area contributed by atoms with Crippen molar-refractivity contribution in [1.82, 2.24) is 0 Å². The zero-order valence-electron chi connectivity index (χ0n) is 8.29. The number of hydrogen-bond donors (Lipinski definition) is 0. The molecule has 0 saturated heterocycles. The molecule has 0 amide bonds. The number of rotatable bonds is 4. The van der Waals surface area contributed by atoms with E-state index in [4.69, 9.17) is 4.74 Å². The van der Waals surface area contributed by atoms with E-state index in [0.717, 1.165) is 0 Å². The molecule has 0 saturated carbocycles. The molecule has 2 nitrogen and oxygen atoms in total. The van der Waals surface area contributed by atoms with E-state index in [1.54, 1.807) is 18.2 Å². The second-order valence-electron chi connectivity index (χ2n) is 3.15. The molecule has 76 valence electrons. The third-order valence-corrected chi connectivity index (χ3v) is 2.01. The molecule has 1 aromatic carbocycles. The van der Waals surface area contributed by atoms with Gasteiger partial charge in [0.25, 0.3) is 0 Å². The maximum absolute atomic E-state index is 13.3. The highest BCUT2D eigenvalue weighted by atomic mass is 19.1. The van der Waals surface area contributed by atoms with Gasteiger partial charge in [0.05, 0.1) is 6.10 Å². The summed E-state index contributed by atoms with van der Waals surface area (Å²) in [5.74, 6) is -0.347. The fourth-order valence-electron chi connectivity index (χ4n) is 1.32. The van der Waals surface area contributed by atoms with Crippen LogP contribution < -0.4 is 0 Å². The van der Waals surface area contributed by atoms with E-state index >= 15 is 0 Å². The van der Waals surface area contributed by atoms with Gasteiger partial charge in [0, 0.05) is 19.1 Å². The van der Waals surface area contributed by atoms with Gasteiger partial charge in [-0.05, 0) is 13.0 Å². The minimum atomic E-state index is -0.478. The Hall–Kier alpha value is -1.22. The summed E-state index contributed by atoms with van der Waals surface area (Å²) < 4.78 is 18.4. The van der Waals surface area contributed by atoms with E-state index in [0.29, 0.717) is 5.56 Å². The number of Topliss-reactive ketones (excluding diaryl/α,β-unsaturated/α-hetero) is 1. The molecule has 0 N–H and O–H groups in total. The molecule has 1 atom stereocenters. The molecule has 0 aromatic heterocycles. The third-order valence-electron chi connectivity index (χ3n) is 2.01. The fourth-order valence-corrected chi connectivity index (χ4v) is 1.32. The molecular formula is C11H13FO2. The molecule has 3 heteroatoms. The Kier molecular flexibility index (Phi) is 3.77. The maximum atomic E-state index is 13.3. The van der Waals surface area contributed by atoms with Gasteiger partial charge in [-0.2, -0.15) is 0 Å². The van der Waals surface area contributed by atoms with Crippen LogP contribution >= 0.6 is 0 Å². The average molecular weight is 196 g/mol. The third kappa shape index (κ3) is 2.64. The van der Waals surface area contributed by atoms with Gasteiger partial charge in [-0.3, -0.25) is 4.79 Å². The summed E-state index contributed by atoms with van der Waals surface area (Å²) in [6.45, 7) is 1.47. The highest BCUT2D eigenvalue weighted by molar-refractivity contribution is 5.76. The van der Waals surface area contributed by atoms with Crippen molar-refractivity contribution in [3.63, 3.8) is 0 Å². The molecule has 1 aromatic rings. The second-order valence-corrected chi connectivity index (χ2v) is 3.15.